The lowest BCUT2D eigenvalue weighted by molar-refractivity contribution is -0.132. The lowest BCUT2D eigenvalue weighted by atomic mass is 9.99. The van der Waals surface area contributed by atoms with Crippen molar-refractivity contribution in [2.75, 3.05) is 6.54 Å². The average Bonchev–Trinajstić information content (AvgIpc) is 3.10. The molecule has 1 rings (SSSR count). The Labute approximate surface area is 161 Å². The molecule has 1 aromatic rings. The maximum Gasteiger partial charge on any atom is 0.243 e. The smallest absolute Gasteiger partial charge is 0.243 e. The van der Waals surface area contributed by atoms with Gasteiger partial charge in [-0.1, -0.05) is 20.8 Å². The van der Waals surface area contributed by atoms with Crippen LogP contribution in [-0.4, -0.2) is 46.2 Å². The number of ketones is 1. The zero-order valence-corrected chi connectivity index (χ0v) is 16.7. The second kappa shape index (κ2) is 11.5. The molecule has 2 amide bonds. The van der Waals surface area contributed by atoms with Crippen molar-refractivity contribution in [2.45, 2.75) is 65.5 Å². The summed E-state index contributed by atoms with van der Waals surface area (Å²) in [5.74, 6) is -0.669. The summed E-state index contributed by atoms with van der Waals surface area (Å²) < 4.78 is 0. The second-order valence-corrected chi connectivity index (χ2v) is 7.48. The highest BCUT2D eigenvalue weighted by molar-refractivity contribution is 5.92. The van der Waals surface area contributed by atoms with Crippen LogP contribution in [0.1, 0.15) is 52.7 Å². The van der Waals surface area contributed by atoms with Gasteiger partial charge in [0.2, 0.25) is 11.8 Å². The Morgan fingerprint density at radius 3 is 2.33 bits per heavy atom. The molecule has 0 saturated heterocycles. The van der Waals surface area contributed by atoms with Crippen molar-refractivity contribution in [3.05, 3.63) is 18.2 Å². The Morgan fingerprint density at radius 2 is 1.81 bits per heavy atom. The van der Waals surface area contributed by atoms with Gasteiger partial charge in [0.15, 0.2) is 5.78 Å². The second-order valence-electron chi connectivity index (χ2n) is 7.48. The van der Waals surface area contributed by atoms with Gasteiger partial charge >= 0.3 is 0 Å². The van der Waals surface area contributed by atoms with E-state index in [1.54, 1.807) is 6.20 Å². The van der Waals surface area contributed by atoms with E-state index in [-0.39, 0.29) is 29.4 Å². The van der Waals surface area contributed by atoms with E-state index in [0.717, 1.165) is 12.1 Å². The van der Waals surface area contributed by atoms with Gasteiger partial charge in [-0.2, -0.15) is 0 Å². The summed E-state index contributed by atoms with van der Waals surface area (Å²) >= 11 is 0. The SMILES string of the molecule is CC(=O)[C@H](Cc1cnc[nH]1)NC(=O)[C@@H](CC(C)C)NC(=O)[C@@H](C)CCCN. The zero-order valence-electron chi connectivity index (χ0n) is 16.7. The van der Waals surface area contributed by atoms with E-state index < -0.39 is 12.1 Å². The fraction of sp³-hybridized carbons (Fsp3) is 0.684. The van der Waals surface area contributed by atoms with E-state index in [0.29, 0.717) is 25.8 Å². The maximum absolute atomic E-state index is 12.8. The third kappa shape index (κ3) is 8.34. The molecule has 0 aromatic carbocycles. The first-order valence-electron chi connectivity index (χ1n) is 9.53. The lowest BCUT2D eigenvalue weighted by Crippen LogP contribution is -2.53. The Bertz CT molecular complexity index is 600. The van der Waals surface area contributed by atoms with Gasteiger partial charge in [-0.3, -0.25) is 14.4 Å². The summed E-state index contributed by atoms with van der Waals surface area (Å²) in [4.78, 5) is 44.0. The first kappa shape index (κ1) is 22.8. The molecular weight excluding hydrogens is 346 g/mol. The number of aromatic amines is 1. The first-order valence-corrected chi connectivity index (χ1v) is 9.53. The Hall–Kier alpha value is -2.22. The highest BCUT2D eigenvalue weighted by Gasteiger charge is 2.27. The maximum atomic E-state index is 12.8. The van der Waals surface area contributed by atoms with Crippen LogP contribution in [0.25, 0.3) is 0 Å². The largest absolute Gasteiger partial charge is 0.348 e. The number of nitrogens with zero attached hydrogens (tertiary/aromatic N) is 1. The van der Waals surface area contributed by atoms with Crippen LogP contribution < -0.4 is 16.4 Å². The zero-order chi connectivity index (χ0) is 20.4. The van der Waals surface area contributed by atoms with Gasteiger partial charge in [0, 0.05) is 24.2 Å². The van der Waals surface area contributed by atoms with Crippen LogP contribution in [0.5, 0.6) is 0 Å². The molecule has 8 heteroatoms. The van der Waals surface area contributed by atoms with Gasteiger partial charge in [0.1, 0.15) is 6.04 Å². The van der Waals surface area contributed by atoms with Crippen LogP contribution in [-0.2, 0) is 20.8 Å². The normalized spacial score (nSPS) is 14.4. The topological polar surface area (TPSA) is 130 Å². The van der Waals surface area contributed by atoms with Crippen molar-refractivity contribution in [3.8, 4) is 0 Å². The van der Waals surface area contributed by atoms with Gasteiger partial charge < -0.3 is 21.4 Å². The number of H-pyrrole nitrogens is 1. The van der Waals surface area contributed by atoms with Crippen molar-refractivity contribution in [1.82, 2.24) is 20.6 Å². The molecule has 0 bridgehead atoms. The van der Waals surface area contributed by atoms with Crippen molar-refractivity contribution < 1.29 is 14.4 Å². The number of aromatic nitrogens is 2. The van der Waals surface area contributed by atoms with Crippen LogP contribution >= 0.6 is 0 Å². The molecule has 8 nitrogen and oxygen atoms in total. The molecule has 0 radical (unpaired) electrons. The lowest BCUT2D eigenvalue weighted by Gasteiger charge is -2.24. The number of nitrogens with one attached hydrogen (secondary N) is 3. The van der Waals surface area contributed by atoms with Crippen molar-refractivity contribution in [3.63, 3.8) is 0 Å². The quantitative estimate of drug-likeness (QED) is 0.429. The number of nitrogens with two attached hydrogens (primary N) is 1. The van der Waals surface area contributed by atoms with E-state index in [2.05, 4.69) is 20.6 Å². The van der Waals surface area contributed by atoms with Gasteiger partial charge in [-0.15, -0.1) is 0 Å². The predicted molar refractivity (Wildman–Crippen MR) is 104 cm³/mol. The molecule has 1 aromatic heterocycles. The van der Waals surface area contributed by atoms with Gasteiger partial charge in [0.25, 0.3) is 0 Å². The number of carbonyl (C=O) groups is 3. The average molecular weight is 380 g/mol. The highest BCUT2D eigenvalue weighted by atomic mass is 16.2. The van der Waals surface area contributed by atoms with Crippen molar-refractivity contribution in [2.24, 2.45) is 17.6 Å². The molecule has 5 N–H and O–H groups in total. The van der Waals surface area contributed by atoms with Crippen LogP contribution in [0.4, 0.5) is 0 Å². The van der Waals surface area contributed by atoms with Crippen molar-refractivity contribution >= 4 is 17.6 Å². The molecule has 0 aliphatic carbocycles. The van der Waals surface area contributed by atoms with Crippen molar-refractivity contribution in [1.29, 1.82) is 0 Å². The van der Waals surface area contributed by atoms with Gasteiger partial charge in [-0.25, -0.2) is 4.98 Å². The summed E-state index contributed by atoms with van der Waals surface area (Å²) in [6, 6.07) is -1.35. The summed E-state index contributed by atoms with van der Waals surface area (Å²) in [6.45, 7) is 7.76. The predicted octanol–water partition coefficient (Wildman–Crippen LogP) is 0.932. The molecule has 0 fully saturated rings. The third-order valence-electron chi connectivity index (χ3n) is 4.42. The Kier molecular flexibility index (Phi) is 9.71. The Morgan fingerprint density at radius 1 is 1.15 bits per heavy atom. The van der Waals surface area contributed by atoms with Gasteiger partial charge in [-0.05, 0) is 38.6 Å². The van der Waals surface area contributed by atoms with Crippen LogP contribution in [0, 0.1) is 11.8 Å². The minimum Gasteiger partial charge on any atom is -0.348 e. The number of hydrogen-bond donors (Lipinski definition) is 4. The van der Waals surface area contributed by atoms with E-state index in [1.807, 2.05) is 20.8 Å². The third-order valence-corrected chi connectivity index (χ3v) is 4.42. The number of Topliss-reactive ketones (excluding diaryl/α,β-unsaturated/α-hetero) is 1. The summed E-state index contributed by atoms with van der Waals surface area (Å²) in [5.41, 5.74) is 6.26. The molecule has 1 heterocycles. The number of imidazole rings is 1. The standard InChI is InChI=1S/C19H33N5O3/c1-12(2)8-17(24-18(26)13(3)6-5-7-20)19(27)23-16(14(4)25)9-15-10-21-11-22-15/h10-13,16-17H,5-9,20H2,1-4H3,(H,21,22)(H,23,27)(H,24,26)/t13-,16-,17+/m0/s1. The van der Waals surface area contributed by atoms with Crippen LogP contribution in [0.3, 0.4) is 0 Å². The summed E-state index contributed by atoms with van der Waals surface area (Å²) in [6.07, 6.45) is 5.40. The monoisotopic (exact) mass is 379 g/mol. The molecular formula is C19H33N5O3. The number of hydrogen-bond acceptors (Lipinski definition) is 5. The van der Waals surface area contributed by atoms with E-state index in [9.17, 15) is 14.4 Å². The van der Waals surface area contributed by atoms with Gasteiger partial charge in [0.05, 0.1) is 12.4 Å². The molecule has 0 saturated carbocycles. The highest BCUT2D eigenvalue weighted by Crippen LogP contribution is 2.10. The van der Waals surface area contributed by atoms with Crippen LogP contribution in [0.15, 0.2) is 12.5 Å². The molecule has 27 heavy (non-hydrogen) atoms. The first-order chi connectivity index (χ1) is 12.7. The molecule has 152 valence electrons. The Balaban J connectivity index is 2.77. The van der Waals surface area contributed by atoms with E-state index in [4.69, 9.17) is 5.73 Å². The molecule has 0 unspecified atom stereocenters. The molecule has 0 aliphatic rings. The summed E-state index contributed by atoms with van der Waals surface area (Å²) in [7, 11) is 0. The minimum absolute atomic E-state index is 0.149. The number of amides is 2. The molecule has 3 atom stereocenters. The number of rotatable bonds is 12. The summed E-state index contributed by atoms with van der Waals surface area (Å²) in [5, 5.41) is 5.61. The van der Waals surface area contributed by atoms with E-state index >= 15 is 0 Å². The number of carbonyl (C=O) groups excluding carboxylic acids is 3. The van der Waals surface area contributed by atoms with Crippen LogP contribution in [0.2, 0.25) is 0 Å². The fourth-order valence-electron chi connectivity index (χ4n) is 2.76. The fourth-order valence-corrected chi connectivity index (χ4v) is 2.76. The molecule has 0 spiro atoms. The molecule has 0 aliphatic heterocycles. The minimum atomic E-state index is -0.679. The van der Waals surface area contributed by atoms with E-state index in [1.165, 1.54) is 13.3 Å².